The number of rotatable bonds is 6. The van der Waals surface area contributed by atoms with Crippen molar-refractivity contribution in [2.75, 3.05) is 20.1 Å². The van der Waals surface area contributed by atoms with E-state index in [9.17, 15) is 17.2 Å². The predicted octanol–water partition coefficient (Wildman–Crippen LogP) is 0.942. The predicted molar refractivity (Wildman–Crippen MR) is 76.3 cm³/mol. The topological polar surface area (TPSA) is 67.2 Å². The number of hydrogen-bond donors (Lipinski definition) is 1. The Morgan fingerprint density at radius 3 is 2.86 bits per heavy atom. The summed E-state index contributed by atoms with van der Waals surface area (Å²) in [6.07, 6.45) is 1.33. The summed E-state index contributed by atoms with van der Waals surface area (Å²) in [5, 5.41) is 6.65. The van der Waals surface area contributed by atoms with Gasteiger partial charge in [-0.15, -0.1) is 12.4 Å². The summed E-state index contributed by atoms with van der Waals surface area (Å²) < 4.78 is 51.9. The molecule has 21 heavy (non-hydrogen) atoms. The molecule has 1 unspecified atom stereocenters. The van der Waals surface area contributed by atoms with E-state index < -0.39 is 23.0 Å². The fourth-order valence-corrected chi connectivity index (χ4v) is 4.07. The number of hydrogen-bond acceptors (Lipinski definition) is 4. The smallest absolute Gasteiger partial charge is 0.257 e. The maximum Gasteiger partial charge on any atom is 0.257 e. The minimum absolute atomic E-state index is 0. The lowest BCUT2D eigenvalue weighted by atomic mass is 10.2. The Morgan fingerprint density at radius 2 is 2.24 bits per heavy atom. The van der Waals surface area contributed by atoms with Crippen LogP contribution in [0.1, 0.15) is 12.8 Å². The lowest BCUT2D eigenvalue weighted by Crippen LogP contribution is -2.40. The van der Waals surface area contributed by atoms with Crippen LogP contribution >= 0.6 is 12.4 Å². The van der Waals surface area contributed by atoms with Gasteiger partial charge in [0.15, 0.2) is 0 Å². The van der Waals surface area contributed by atoms with Crippen molar-refractivity contribution in [3.63, 3.8) is 0 Å². The van der Waals surface area contributed by atoms with Gasteiger partial charge in [-0.2, -0.15) is 9.40 Å². The van der Waals surface area contributed by atoms with Crippen LogP contribution in [-0.4, -0.2) is 55.1 Å². The number of aromatic nitrogens is 2. The van der Waals surface area contributed by atoms with Gasteiger partial charge in [0.25, 0.3) is 6.43 Å². The summed E-state index contributed by atoms with van der Waals surface area (Å²) in [6, 6.07) is -0.0940. The highest BCUT2D eigenvalue weighted by Gasteiger charge is 2.35. The van der Waals surface area contributed by atoms with Crippen LogP contribution in [-0.2, 0) is 16.6 Å². The molecule has 1 saturated heterocycles. The normalized spacial score (nSPS) is 19.9. The second kappa shape index (κ2) is 7.48. The number of nitrogens with one attached hydrogen (secondary N) is 1. The van der Waals surface area contributed by atoms with Gasteiger partial charge in [0.2, 0.25) is 10.0 Å². The van der Waals surface area contributed by atoms with E-state index >= 15 is 0 Å². The molecule has 1 aromatic rings. The maximum absolute atomic E-state index is 12.5. The zero-order valence-corrected chi connectivity index (χ0v) is 13.2. The van der Waals surface area contributed by atoms with E-state index in [-0.39, 0.29) is 23.3 Å². The van der Waals surface area contributed by atoms with Gasteiger partial charge in [-0.3, -0.25) is 4.68 Å². The largest absolute Gasteiger partial charge is 0.318 e. The van der Waals surface area contributed by atoms with Gasteiger partial charge in [0.05, 0.1) is 6.20 Å². The molecule has 0 amide bonds. The Kier molecular flexibility index (Phi) is 6.51. The summed E-state index contributed by atoms with van der Waals surface area (Å²) in [7, 11) is -1.89. The van der Waals surface area contributed by atoms with Crippen LogP contribution in [0.25, 0.3) is 0 Å². The summed E-state index contributed by atoms with van der Waals surface area (Å²) >= 11 is 0. The van der Waals surface area contributed by atoms with Gasteiger partial charge in [-0.05, 0) is 19.9 Å². The average molecular weight is 345 g/mol. The molecule has 1 atom stereocenters. The van der Waals surface area contributed by atoms with Gasteiger partial charge in [0, 0.05) is 25.3 Å². The zero-order chi connectivity index (χ0) is 14.8. The van der Waals surface area contributed by atoms with E-state index in [4.69, 9.17) is 0 Å². The third-order valence-corrected chi connectivity index (χ3v) is 5.21. The van der Waals surface area contributed by atoms with Gasteiger partial charge in [0.1, 0.15) is 11.4 Å². The lowest BCUT2D eigenvalue weighted by molar-refractivity contribution is 0.121. The zero-order valence-electron chi connectivity index (χ0n) is 11.6. The van der Waals surface area contributed by atoms with Crippen LogP contribution in [0, 0.1) is 0 Å². The molecule has 10 heteroatoms. The molecule has 0 aliphatic carbocycles. The van der Waals surface area contributed by atoms with Crippen LogP contribution in [0.15, 0.2) is 17.3 Å². The Morgan fingerprint density at radius 1 is 1.52 bits per heavy atom. The SMILES string of the molecule is CNCC1CCCN1S(=O)(=O)c1cnn(CC(F)F)c1.Cl. The quantitative estimate of drug-likeness (QED) is 0.834. The van der Waals surface area contributed by atoms with E-state index in [1.54, 1.807) is 7.05 Å². The first-order chi connectivity index (χ1) is 9.45. The second-order valence-corrected chi connectivity index (χ2v) is 6.65. The molecule has 2 rings (SSSR count). The van der Waals surface area contributed by atoms with Gasteiger partial charge < -0.3 is 5.32 Å². The Hall–Kier alpha value is -0.770. The molecule has 0 saturated carbocycles. The van der Waals surface area contributed by atoms with Gasteiger partial charge >= 0.3 is 0 Å². The molecule has 122 valence electrons. The molecule has 1 aromatic heterocycles. The molecule has 1 aliphatic rings. The number of sulfonamides is 1. The van der Waals surface area contributed by atoms with E-state index in [1.807, 2.05) is 0 Å². The van der Waals surface area contributed by atoms with E-state index in [2.05, 4.69) is 10.4 Å². The second-order valence-electron chi connectivity index (χ2n) is 4.76. The van der Waals surface area contributed by atoms with Crippen LogP contribution in [0.4, 0.5) is 8.78 Å². The number of alkyl halides is 2. The number of halogens is 3. The minimum Gasteiger partial charge on any atom is -0.318 e. The Bertz CT molecular complexity index is 552. The molecule has 0 aromatic carbocycles. The Labute approximate surface area is 129 Å². The summed E-state index contributed by atoms with van der Waals surface area (Å²) in [5.74, 6) is 0. The van der Waals surface area contributed by atoms with E-state index in [0.29, 0.717) is 13.1 Å². The highest BCUT2D eigenvalue weighted by molar-refractivity contribution is 7.89. The van der Waals surface area contributed by atoms with Crippen molar-refractivity contribution in [2.45, 2.75) is 36.7 Å². The van der Waals surface area contributed by atoms with Crippen molar-refractivity contribution in [3.05, 3.63) is 12.4 Å². The summed E-state index contributed by atoms with van der Waals surface area (Å²) in [6.45, 7) is 0.425. The first-order valence-electron chi connectivity index (χ1n) is 6.42. The monoisotopic (exact) mass is 344 g/mol. The molecule has 1 aliphatic heterocycles. The first-order valence-corrected chi connectivity index (χ1v) is 7.86. The number of nitrogens with zero attached hydrogens (tertiary/aromatic N) is 3. The van der Waals surface area contributed by atoms with Crippen LogP contribution in [0.5, 0.6) is 0 Å². The first kappa shape index (κ1) is 18.3. The fourth-order valence-electron chi connectivity index (χ4n) is 2.42. The maximum atomic E-state index is 12.5. The molecule has 1 fully saturated rings. The number of likely N-dealkylation sites (N-methyl/N-ethyl adjacent to an activating group) is 1. The minimum atomic E-state index is -3.66. The molecule has 0 radical (unpaired) electrons. The molecule has 0 spiro atoms. The van der Waals surface area contributed by atoms with Gasteiger partial charge in [-0.1, -0.05) is 0 Å². The molecular weight excluding hydrogens is 326 g/mol. The molecule has 0 bridgehead atoms. The molecule has 6 nitrogen and oxygen atoms in total. The summed E-state index contributed by atoms with van der Waals surface area (Å²) in [4.78, 5) is -0.0267. The van der Waals surface area contributed by atoms with Crippen molar-refractivity contribution in [2.24, 2.45) is 0 Å². The van der Waals surface area contributed by atoms with Crippen LogP contribution in [0.2, 0.25) is 0 Å². The van der Waals surface area contributed by atoms with Crippen LogP contribution in [0.3, 0.4) is 0 Å². The van der Waals surface area contributed by atoms with Crippen molar-refractivity contribution in [3.8, 4) is 0 Å². The highest BCUT2D eigenvalue weighted by atomic mass is 35.5. The van der Waals surface area contributed by atoms with Crippen molar-refractivity contribution in [1.29, 1.82) is 0 Å². The molecule has 1 N–H and O–H groups in total. The highest BCUT2D eigenvalue weighted by Crippen LogP contribution is 2.25. The fraction of sp³-hybridized carbons (Fsp3) is 0.727. The third-order valence-electron chi connectivity index (χ3n) is 3.30. The van der Waals surface area contributed by atoms with E-state index in [0.717, 1.165) is 29.9 Å². The average Bonchev–Trinajstić information content (AvgIpc) is 2.98. The van der Waals surface area contributed by atoms with Crippen LogP contribution < -0.4 is 5.32 Å². The standard InChI is InChI=1S/C11H18F2N4O2S.ClH/c1-14-5-9-3-2-4-17(9)20(18,19)10-6-15-16(7-10)8-11(12)13;/h6-7,9,11,14H,2-5,8H2,1H3;1H. The van der Waals surface area contributed by atoms with Crippen molar-refractivity contribution in [1.82, 2.24) is 19.4 Å². The van der Waals surface area contributed by atoms with Crippen molar-refractivity contribution < 1.29 is 17.2 Å². The summed E-state index contributed by atoms with van der Waals surface area (Å²) in [5.41, 5.74) is 0. The Balaban J connectivity index is 0.00000220. The molecule has 2 heterocycles. The third kappa shape index (κ3) is 4.12. The lowest BCUT2D eigenvalue weighted by Gasteiger charge is -2.22. The molecular formula is C11H19ClF2N4O2S. The van der Waals surface area contributed by atoms with Gasteiger partial charge in [-0.25, -0.2) is 17.2 Å². The van der Waals surface area contributed by atoms with E-state index in [1.165, 1.54) is 4.31 Å². The van der Waals surface area contributed by atoms with Crippen molar-refractivity contribution >= 4 is 22.4 Å².